The Kier molecular flexibility index (Phi) is 5.73. The molecule has 1 aliphatic heterocycles. The van der Waals surface area contributed by atoms with Gasteiger partial charge in [-0.3, -0.25) is 4.90 Å². The zero-order valence-corrected chi connectivity index (χ0v) is 16.3. The van der Waals surface area contributed by atoms with Crippen molar-refractivity contribution in [1.82, 2.24) is 10.2 Å². The molecule has 27 heavy (non-hydrogen) atoms. The van der Waals surface area contributed by atoms with E-state index in [1.807, 2.05) is 30.3 Å². The Hall–Kier alpha value is -2.50. The van der Waals surface area contributed by atoms with Crippen molar-refractivity contribution in [1.29, 1.82) is 0 Å². The third-order valence-corrected chi connectivity index (χ3v) is 5.02. The predicted octanol–water partition coefficient (Wildman–Crippen LogP) is 4.71. The summed E-state index contributed by atoms with van der Waals surface area (Å²) in [5, 5.41) is 3.69. The summed E-state index contributed by atoms with van der Waals surface area (Å²) >= 11 is 12.3. The minimum absolute atomic E-state index is 0.319. The van der Waals surface area contributed by atoms with E-state index in [1.165, 1.54) is 12.0 Å². The molecule has 1 N–H and O–H groups in total. The monoisotopic (exact) mass is 404 g/mol. The second-order valence-corrected chi connectivity index (χ2v) is 6.95. The van der Waals surface area contributed by atoms with Crippen molar-refractivity contribution in [2.24, 2.45) is 0 Å². The van der Waals surface area contributed by atoms with E-state index in [0.29, 0.717) is 33.4 Å². The Morgan fingerprint density at radius 1 is 1.19 bits per heavy atom. The maximum atomic E-state index is 12.8. The number of nitrogens with zero attached hydrogens (tertiary/aromatic N) is 1. The Morgan fingerprint density at radius 3 is 2.52 bits per heavy atom. The number of urea groups is 1. The van der Waals surface area contributed by atoms with E-state index in [9.17, 15) is 9.59 Å². The van der Waals surface area contributed by atoms with Gasteiger partial charge >= 0.3 is 12.0 Å². The van der Waals surface area contributed by atoms with E-state index in [4.69, 9.17) is 27.9 Å². The lowest BCUT2D eigenvalue weighted by Crippen LogP contribution is -2.47. The molecule has 2 amide bonds. The number of methoxy groups -OCH3 is 1. The van der Waals surface area contributed by atoms with Gasteiger partial charge in [-0.1, -0.05) is 59.6 Å². The van der Waals surface area contributed by atoms with Crippen molar-refractivity contribution >= 4 is 35.2 Å². The van der Waals surface area contributed by atoms with Gasteiger partial charge in [-0.15, -0.1) is 0 Å². The molecule has 0 saturated heterocycles. The summed E-state index contributed by atoms with van der Waals surface area (Å²) in [6.45, 7) is 2.06. The van der Waals surface area contributed by atoms with E-state index in [0.717, 1.165) is 5.56 Å². The standard InChI is InChI=1S/C20H18Cl2N2O3/c1-12-17(19(25)27-2)18(15-9-8-14(21)10-16(15)22)23-20(26)24(12)11-13-6-4-3-5-7-13/h3-10,18H,11H2,1-2H3,(H,23,26). The fraction of sp³-hybridized carbons (Fsp3) is 0.200. The van der Waals surface area contributed by atoms with Crippen LogP contribution in [0.3, 0.4) is 0 Å². The molecule has 0 aliphatic carbocycles. The van der Waals surface area contributed by atoms with E-state index in [2.05, 4.69) is 5.32 Å². The number of nitrogens with one attached hydrogen (secondary N) is 1. The first-order chi connectivity index (χ1) is 12.9. The van der Waals surface area contributed by atoms with E-state index < -0.39 is 12.0 Å². The van der Waals surface area contributed by atoms with Crippen LogP contribution in [0, 0.1) is 0 Å². The van der Waals surface area contributed by atoms with Crippen molar-refractivity contribution in [2.75, 3.05) is 7.11 Å². The highest BCUT2D eigenvalue weighted by Gasteiger charge is 2.37. The summed E-state index contributed by atoms with van der Waals surface area (Å²) in [5.74, 6) is -0.526. The molecule has 3 rings (SSSR count). The molecule has 0 radical (unpaired) electrons. The molecule has 1 atom stereocenters. The highest BCUT2D eigenvalue weighted by molar-refractivity contribution is 6.35. The van der Waals surface area contributed by atoms with Gasteiger partial charge in [-0.05, 0) is 30.2 Å². The molecule has 2 aromatic rings. The van der Waals surface area contributed by atoms with Crippen LogP contribution in [0.2, 0.25) is 10.0 Å². The zero-order chi connectivity index (χ0) is 19.6. The Morgan fingerprint density at radius 2 is 1.89 bits per heavy atom. The van der Waals surface area contributed by atoms with Crippen molar-refractivity contribution in [3.05, 3.63) is 81.0 Å². The van der Waals surface area contributed by atoms with Gasteiger partial charge in [0.15, 0.2) is 0 Å². The molecule has 1 aliphatic rings. The maximum absolute atomic E-state index is 12.8. The van der Waals surface area contributed by atoms with Crippen molar-refractivity contribution in [3.63, 3.8) is 0 Å². The molecular weight excluding hydrogens is 387 g/mol. The van der Waals surface area contributed by atoms with Crippen LogP contribution in [0.4, 0.5) is 4.79 Å². The quantitative estimate of drug-likeness (QED) is 0.750. The first-order valence-corrected chi connectivity index (χ1v) is 9.04. The number of esters is 1. The van der Waals surface area contributed by atoms with Gasteiger partial charge in [-0.2, -0.15) is 0 Å². The average Bonchev–Trinajstić information content (AvgIpc) is 2.65. The Bertz CT molecular complexity index is 913. The molecule has 5 nitrogen and oxygen atoms in total. The van der Waals surface area contributed by atoms with Crippen LogP contribution < -0.4 is 5.32 Å². The second-order valence-electron chi connectivity index (χ2n) is 6.11. The fourth-order valence-corrected chi connectivity index (χ4v) is 3.60. The largest absolute Gasteiger partial charge is 0.466 e. The van der Waals surface area contributed by atoms with Crippen LogP contribution in [0.5, 0.6) is 0 Å². The molecule has 7 heteroatoms. The number of allylic oxidation sites excluding steroid dienone is 1. The third-order valence-electron chi connectivity index (χ3n) is 4.46. The smallest absolute Gasteiger partial charge is 0.337 e. The van der Waals surface area contributed by atoms with E-state index in [1.54, 1.807) is 25.1 Å². The predicted molar refractivity (Wildman–Crippen MR) is 104 cm³/mol. The minimum Gasteiger partial charge on any atom is -0.466 e. The fourth-order valence-electron chi connectivity index (χ4n) is 3.08. The van der Waals surface area contributed by atoms with Gasteiger partial charge in [0.2, 0.25) is 0 Å². The summed E-state index contributed by atoms with van der Waals surface area (Å²) in [6.07, 6.45) is 0. The second kappa shape index (κ2) is 8.03. The summed E-state index contributed by atoms with van der Waals surface area (Å²) in [7, 11) is 1.31. The van der Waals surface area contributed by atoms with Gasteiger partial charge in [0.05, 0.1) is 25.3 Å². The molecule has 0 bridgehead atoms. The number of hydrogen-bond acceptors (Lipinski definition) is 3. The Labute approximate surface area is 167 Å². The molecule has 1 heterocycles. The number of carbonyl (C=O) groups excluding carboxylic acids is 2. The first-order valence-electron chi connectivity index (χ1n) is 8.28. The Balaban J connectivity index is 2.06. The number of amides is 2. The van der Waals surface area contributed by atoms with Crippen molar-refractivity contribution < 1.29 is 14.3 Å². The number of ether oxygens (including phenoxy) is 1. The van der Waals surface area contributed by atoms with Crippen LogP contribution in [0.15, 0.2) is 59.8 Å². The van der Waals surface area contributed by atoms with Crippen LogP contribution in [0.25, 0.3) is 0 Å². The number of halogens is 2. The minimum atomic E-state index is -0.721. The number of carbonyl (C=O) groups is 2. The summed E-state index contributed by atoms with van der Waals surface area (Å²) < 4.78 is 4.97. The lowest BCUT2D eigenvalue weighted by molar-refractivity contribution is -0.136. The SMILES string of the molecule is COC(=O)C1=C(C)N(Cc2ccccc2)C(=O)NC1c1ccc(Cl)cc1Cl. The molecule has 0 saturated carbocycles. The highest BCUT2D eigenvalue weighted by Crippen LogP contribution is 2.36. The lowest BCUT2D eigenvalue weighted by atomic mass is 9.94. The van der Waals surface area contributed by atoms with Crippen LogP contribution >= 0.6 is 23.2 Å². The number of rotatable bonds is 4. The van der Waals surface area contributed by atoms with Gasteiger partial charge in [0, 0.05) is 15.7 Å². The van der Waals surface area contributed by atoms with Crippen LogP contribution in [-0.4, -0.2) is 24.0 Å². The molecule has 0 aromatic heterocycles. The zero-order valence-electron chi connectivity index (χ0n) is 14.8. The van der Waals surface area contributed by atoms with Gasteiger partial charge in [0.25, 0.3) is 0 Å². The molecule has 2 aromatic carbocycles. The van der Waals surface area contributed by atoms with Gasteiger partial charge in [-0.25, -0.2) is 9.59 Å². The number of hydrogen-bond donors (Lipinski definition) is 1. The maximum Gasteiger partial charge on any atom is 0.337 e. The van der Waals surface area contributed by atoms with Gasteiger partial charge in [0.1, 0.15) is 0 Å². The average molecular weight is 405 g/mol. The van der Waals surface area contributed by atoms with Gasteiger partial charge < -0.3 is 10.1 Å². The highest BCUT2D eigenvalue weighted by atomic mass is 35.5. The molecule has 1 unspecified atom stereocenters. The molecule has 0 fully saturated rings. The van der Waals surface area contributed by atoms with E-state index in [-0.39, 0.29) is 6.03 Å². The van der Waals surface area contributed by atoms with Crippen LogP contribution in [-0.2, 0) is 16.1 Å². The number of benzene rings is 2. The van der Waals surface area contributed by atoms with E-state index >= 15 is 0 Å². The lowest BCUT2D eigenvalue weighted by Gasteiger charge is -2.35. The normalized spacial score (nSPS) is 17.0. The first kappa shape index (κ1) is 19.3. The topological polar surface area (TPSA) is 58.6 Å². The third kappa shape index (κ3) is 3.94. The molecular formula is C20H18Cl2N2O3. The molecule has 0 spiro atoms. The summed E-state index contributed by atoms with van der Waals surface area (Å²) in [4.78, 5) is 26.8. The summed E-state index contributed by atoms with van der Waals surface area (Å²) in [5.41, 5.74) is 2.37. The van der Waals surface area contributed by atoms with Crippen LogP contribution in [0.1, 0.15) is 24.1 Å². The summed E-state index contributed by atoms with van der Waals surface area (Å²) in [6, 6.07) is 13.4. The molecule has 140 valence electrons. The van der Waals surface area contributed by atoms with Crippen molar-refractivity contribution in [3.8, 4) is 0 Å². The van der Waals surface area contributed by atoms with Crippen molar-refractivity contribution in [2.45, 2.75) is 19.5 Å².